The second-order valence-corrected chi connectivity index (χ2v) is 5.57. The van der Waals surface area contributed by atoms with Crippen molar-refractivity contribution in [1.82, 2.24) is 14.8 Å². The van der Waals surface area contributed by atoms with Crippen LogP contribution in [0.2, 0.25) is 0 Å². The Balaban J connectivity index is 1.92. The van der Waals surface area contributed by atoms with Gasteiger partial charge in [0.25, 0.3) is 0 Å². The highest BCUT2D eigenvalue weighted by Gasteiger charge is 2.15. The van der Waals surface area contributed by atoms with Crippen LogP contribution in [0.25, 0.3) is 0 Å². The molecule has 2 rings (SSSR count). The van der Waals surface area contributed by atoms with Crippen molar-refractivity contribution in [2.45, 2.75) is 0 Å². The van der Waals surface area contributed by atoms with Gasteiger partial charge in [-0.15, -0.1) is 0 Å². The van der Waals surface area contributed by atoms with Crippen molar-refractivity contribution < 1.29 is 0 Å². The maximum Gasteiger partial charge on any atom is 0.189 e. The van der Waals surface area contributed by atoms with Crippen molar-refractivity contribution in [1.29, 1.82) is 10.7 Å². The molecule has 1 aliphatic rings. The lowest BCUT2D eigenvalue weighted by Crippen LogP contribution is -2.46. The fourth-order valence-electron chi connectivity index (χ4n) is 1.83. The van der Waals surface area contributed by atoms with E-state index >= 15 is 0 Å². The summed E-state index contributed by atoms with van der Waals surface area (Å²) >= 11 is 1.23. The van der Waals surface area contributed by atoms with Crippen molar-refractivity contribution in [3.63, 3.8) is 0 Å². The van der Waals surface area contributed by atoms with E-state index in [-0.39, 0.29) is 0 Å². The number of thiazole rings is 1. The van der Waals surface area contributed by atoms with Gasteiger partial charge in [0, 0.05) is 32.3 Å². The third-order valence-corrected chi connectivity index (χ3v) is 3.82. The van der Waals surface area contributed by atoms with Crippen LogP contribution in [0.5, 0.6) is 0 Å². The number of aromatic nitrogens is 1. The van der Waals surface area contributed by atoms with Crippen LogP contribution in [0.4, 0.5) is 5.13 Å². The number of hydrogen-bond donors (Lipinski definition) is 3. The van der Waals surface area contributed by atoms with Gasteiger partial charge in [-0.05, 0) is 7.05 Å². The molecule has 1 aromatic heterocycles. The van der Waals surface area contributed by atoms with Crippen LogP contribution in [-0.4, -0.2) is 53.8 Å². The van der Waals surface area contributed by atoms with Crippen LogP contribution in [0, 0.1) is 16.7 Å². The topological polar surface area (TPSA) is 105 Å². The monoisotopic (exact) mass is 291 g/mol. The first-order valence-corrected chi connectivity index (χ1v) is 7.02. The molecule has 106 valence electrons. The average Bonchev–Trinajstić information content (AvgIpc) is 2.86. The van der Waals surface area contributed by atoms with E-state index < -0.39 is 0 Å². The maximum absolute atomic E-state index is 8.72. The molecule has 7 nitrogen and oxygen atoms in total. The van der Waals surface area contributed by atoms with Gasteiger partial charge in [0.05, 0.1) is 6.20 Å². The number of anilines is 1. The van der Waals surface area contributed by atoms with Gasteiger partial charge in [-0.25, -0.2) is 4.98 Å². The van der Waals surface area contributed by atoms with Gasteiger partial charge in [0.1, 0.15) is 22.6 Å². The van der Waals surface area contributed by atoms with Crippen molar-refractivity contribution in [3.8, 4) is 6.07 Å². The second kappa shape index (κ2) is 6.36. The zero-order chi connectivity index (χ0) is 14.5. The van der Waals surface area contributed by atoms with Gasteiger partial charge in [0.2, 0.25) is 0 Å². The molecule has 0 amide bonds. The van der Waals surface area contributed by atoms with Gasteiger partial charge >= 0.3 is 0 Å². The molecule has 0 saturated carbocycles. The average molecular weight is 291 g/mol. The summed E-state index contributed by atoms with van der Waals surface area (Å²) in [6, 6.07) is 2.02. The smallest absolute Gasteiger partial charge is 0.189 e. The fraction of sp³-hybridized carbons (Fsp3) is 0.417. The van der Waals surface area contributed by atoms with E-state index in [1.807, 2.05) is 11.0 Å². The molecule has 0 bridgehead atoms. The third kappa shape index (κ3) is 3.69. The number of likely N-dealkylation sites (N-methyl/N-ethyl adjacent to an activating group) is 1. The predicted molar refractivity (Wildman–Crippen MR) is 79.5 cm³/mol. The first-order chi connectivity index (χ1) is 9.58. The van der Waals surface area contributed by atoms with Crippen molar-refractivity contribution in [3.05, 3.63) is 23.0 Å². The zero-order valence-electron chi connectivity index (χ0n) is 11.3. The van der Waals surface area contributed by atoms with E-state index in [0.717, 1.165) is 26.2 Å². The van der Waals surface area contributed by atoms with E-state index in [9.17, 15) is 0 Å². The largest absolute Gasteiger partial charge is 0.385 e. The van der Waals surface area contributed by atoms with Crippen molar-refractivity contribution in [2.75, 3.05) is 38.5 Å². The Kier molecular flexibility index (Phi) is 4.55. The molecule has 0 spiro atoms. The molecule has 20 heavy (non-hydrogen) atoms. The highest BCUT2D eigenvalue weighted by Crippen LogP contribution is 2.17. The summed E-state index contributed by atoms with van der Waals surface area (Å²) < 4.78 is 0. The molecule has 0 aliphatic carbocycles. The van der Waals surface area contributed by atoms with E-state index in [1.54, 1.807) is 6.08 Å². The maximum atomic E-state index is 8.72. The number of nitrogens with zero attached hydrogens (tertiary/aromatic N) is 4. The molecular formula is C12H17N7S. The lowest BCUT2D eigenvalue weighted by Gasteiger charge is -2.33. The summed E-state index contributed by atoms with van der Waals surface area (Å²) in [5.41, 5.74) is 5.85. The summed E-state index contributed by atoms with van der Waals surface area (Å²) in [5.74, 6) is 0.743. The number of amidine groups is 1. The Bertz CT molecular complexity index is 548. The Morgan fingerprint density at radius 2 is 2.25 bits per heavy atom. The third-order valence-electron chi connectivity index (χ3n) is 3.00. The summed E-state index contributed by atoms with van der Waals surface area (Å²) in [5, 5.41) is 20.2. The predicted octanol–water partition coefficient (Wildman–Crippen LogP) is 0.451. The number of nitrogens with two attached hydrogens (primary N) is 1. The molecule has 1 fully saturated rings. The summed E-state index contributed by atoms with van der Waals surface area (Å²) in [6.45, 7) is 3.55. The summed E-state index contributed by atoms with van der Waals surface area (Å²) in [4.78, 5) is 8.77. The number of rotatable bonds is 3. The van der Waals surface area contributed by atoms with Gasteiger partial charge in [0.15, 0.2) is 5.13 Å². The zero-order valence-corrected chi connectivity index (χ0v) is 12.1. The molecule has 0 aromatic carbocycles. The molecule has 1 saturated heterocycles. The summed E-state index contributed by atoms with van der Waals surface area (Å²) in [6.07, 6.45) is 3.07. The number of nitrogens with one attached hydrogen (secondary N) is 2. The van der Waals surface area contributed by atoms with E-state index in [4.69, 9.17) is 16.4 Å². The number of hydrogen-bond acceptors (Lipinski definition) is 7. The summed E-state index contributed by atoms with van der Waals surface area (Å²) in [7, 11) is 2.07. The molecule has 0 atom stereocenters. The van der Waals surface area contributed by atoms with E-state index in [0.29, 0.717) is 21.7 Å². The van der Waals surface area contributed by atoms with Gasteiger partial charge in [-0.2, -0.15) is 5.26 Å². The molecule has 1 aliphatic heterocycles. The van der Waals surface area contributed by atoms with Gasteiger partial charge in [-0.1, -0.05) is 11.3 Å². The Labute approximate surface area is 121 Å². The lowest BCUT2D eigenvalue weighted by molar-refractivity contribution is 0.215. The minimum Gasteiger partial charge on any atom is -0.385 e. The first-order valence-electron chi connectivity index (χ1n) is 6.20. The Morgan fingerprint density at radius 1 is 1.55 bits per heavy atom. The Hall–Kier alpha value is -2.11. The van der Waals surface area contributed by atoms with Gasteiger partial charge in [-0.3, -0.25) is 5.41 Å². The fourth-order valence-corrected chi connectivity index (χ4v) is 2.46. The van der Waals surface area contributed by atoms with E-state index in [2.05, 4.69) is 22.2 Å². The highest BCUT2D eigenvalue weighted by atomic mass is 32.1. The molecule has 8 heteroatoms. The van der Waals surface area contributed by atoms with Gasteiger partial charge < -0.3 is 20.9 Å². The van der Waals surface area contributed by atoms with Crippen molar-refractivity contribution >= 4 is 22.3 Å². The van der Waals surface area contributed by atoms with Crippen LogP contribution in [0.1, 0.15) is 4.88 Å². The standard InChI is InChI=1S/C12H17N7S/c1-18-2-4-19(5-3-18)11(15)6-10(14)17-12-16-8-9(7-13)20-12/h6,8,15H,2-5,14H2,1H3,(H,16,17)/b10-6+,15-11?. The SMILES string of the molecule is CN1CCN(C(=N)/C=C(\N)Nc2ncc(C#N)s2)CC1. The van der Waals surface area contributed by atoms with Crippen LogP contribution < -0.4 is 11.1 Å². The highest BCUT2D eigenvalue weighted by molar-refractivity contribution is 7.16. The van der Waals surface area contributed by atoms with Crippen molar-refractivity contribution in [2.24, 2.45) is 5.73 Å². The normalized spacial score (nSPS) is 16.8. The first kappa shape index (κ1) is 14.3. The molecule has 4 N–H and O–H groups in total. The van der Waals surface area contributed by atoms with Crippen LogP contribution in [-0.2, 0) is 0 Å². The minimum absolute atomic E-state index is 0.354. The minimum atomic E-state index is 0.354. The quantitative estimate of drug-likeness (QED) is 0.551. The van der Waals surface area contributed by atoms with E-state index in [1.165, 1.54) is 17.5 Å². The number of piperazine rings is 1. The molecule has 0 radical (unpaired) electrons. The van der Waals surface area contributed by atoms with Crippen LogP contribution in [0.3, 0.4) is 0 Å². The number of nitriles is 1. The van der Waals surface area contributed by atoms with Crippen LogP contribution >= 0.6 is 11.3 Å². The molecular weight excluding hydrogens is 274 g/mol. The Morgan fingerprint density at radius 3 is 2.85 bits per heavy atom. The molecule has 0 unspecified atom stereocenters. The lowest BCUT2D eigenvalue weighted by atomic mass is 10.3. The second-order valence-electron chi connectivity index (χ2n) is 4.54. The molecule has 2 heterocycles. The molecule has 1 aromatic rings. The van der Waals surface area contributed by atoms with Crippen LogP contribution in [0.15, 0.2) is 18.1 Å².